The van der Waals surface area contributed by atoms with Gasteiger partial charge in [-0.2, -0.15) is 0 Å². The standard InChI is InChI=1S/C10H11ClOS/c1-10(6-12-10)7-13-9-5-3-2-4-8(9)11/h2-5H,6-7H2,1H3. The third kappa shape index (κ3) is 2.39. The van der Waals surface area contributed by atoms with Crippen LogP contribution in [0.5, 0.6) is 0 Å². The molecule has 1 aromatic carbocycles. The minimum absolute atomic E-state index is 0.101. The zero-order chi connectivity index (χ0) is 9.31. The van der Waals surface area contributed by atoms with Crippen LogP contribution in [0.3, 0.4) is 0 Å². The molecule has 1 saturated heterocycles. The van der Waals surface area contributed by atoms with E-state index >= 15 is 0 Å². The molecule has 1 atom stereocenters. The van der Waals surface area contributed by atoms with Crippen molar-refractivity contribution in [2.75, 3.05) is 12.4 Å². The Balaban J connectivity index is 1.97. The second kappa shape index (κ2) is 3.52. The van der Waals surface area contributed by atoms with Crippen LogP contribution in [0.4, 0.5) is 0 Å². The lowest BCUT2D eigenvalue weighted by atomic mass is 10.3. The highest BCUT2D eigenvalue weighted by molar-refractivity contribution is 7.99. The summed E-state index contributed by atoms with van der Waals surface area (Å²) in [6.45, 7) is 3.00. The highest BCUT2D eigenvalue weighted by Gasteiger charge is 2.39. The van der Waals surface area contributed by atoms with Gasteiger partial charge >= 0.3 is 0 Å². The molecule has 70 valence electrons. The van der Waals surface area contributed by atoms with Crippen molar-refractivity contribution < 1.29 is 4.74 Å². The quantitative estimate of drug-likeness (QED) is 0.566. The summed E-state index contributed by atoms with van der Waals surface area (Å²) in [5.41, 5.74) is 0.101. The van der Waals surface area contributed by atoms with E-state index in [9.17, 15) is 0 Å². The van der Waals surface area contributed by atoms with Gasteiger partial charge in [-0.25, -0.2) is 0 Å². The molecule has 1 aliphatic heterocycles. The second-order valence-corrected chi connectivity index (χ2v) is 4.88. The van der Waals surface area contributed by atoms with Crippen LogP contribution in [0.1, 0.15) is 6.92 Å². The smallest absolute Gasteiger partial charge is 0.0981 e. The summed E-state index contributed by atoms with van der Waals surface area (Å²) in [6, 6.07) is 7.91. The Labute approximate surface area is 87.4 Å². The molecule has 1 aromatic rings. The Morgan fingerprint density at radius 3 is 2.85 bits per heavy atom. The fourth-order valence-corrected chi connectivity index (χ4v) is 2.31. The number of halogens is 1. The lowest BCUT2D eigenvalue weighted by Gasteiger charge is -2.05. The maximum absolute atomic E-state index is 6.01. The van der Waals surface area contributed by atoms with E-state index < -0.39 is 0 Å². The van der Waals surface area contributed by atoms with Crippen molar-refractivity contribution in [2.24, 2.45) is 0 Å². The van der Waals surface area contributed by atoms with E-state index in [1.54, 1.807) is 11.8 Å². The molecule has 3 heteroatoms. The van der Waals surface area contributed by atoms with Crippen molar-refractivity contribution in [3.63, 3.8) is 0 Å². The zero-order valence-corrected chi connectivity index (χ0v) is 8.99. The second-order valence-electron chi connectivity index (χ2n) is 3.46. The predicted octanol–water partition coefficient (Wildman–Crippen LogP) is 3.22. The number of hydrogen-bond acceptors (Lipinski definition) is 2. The first-order chi connectivity index (χ1) is 6.20. The van der Waals surface area contributed by atoms with Crippen molar-refractivity contribution in [1.82, 2.24) is 0 Å². The third-order valence-corrected chi connectivity index (χ3v) is 3.87. The van der Waals surface area contributed by atoms with E-state index in [4.69, 9.17) is 16.3 Å². The highest BCUT2D eigenvalue weighted by atomic mass is 35.5. The van der Waals surface area contributed by atoms with Crippen molar-refractivity contribution >= 4 is 23.4 Å². The summed E-state index contributed by atoms with van der Waals surface area (Å²) >= 11 is 7.77. The molecule has 1 unspecified atom stereocenters. The van der Waals surface area contributed by atoms with Gasteiger partial charge in [-0.15, -0.1) is 11.8 Å². The molecule has 1 aliphatic rings. The summed E-state index contributed by atoms with van der Waals surface area (Å²) in [7, 11) is 0. The van der Waals surface area contributed by atoms with Crippen LogP contribution in [-0.4, -0.2) is 18.0 Å². The fourth-order valence-electron chi connectivity index (χ4n) is 0.999. The van der Waals surface area contributed by atoms with E-state index in [2.05, 4.69) is 6.92 Å². The van der Waals surface area contributed by atoms with Crippen LogP contribution in [0.25, 0.3) is 0 Å². The van der Waals surface area contributed by atoms with Gasteiger partial charge < -0.3 is 4.74 Å². The topological polar surface area (TPSA) is 12.5 Å². The zero-order valence-electron chi connectivity index (χ0n) is 7.42. The summed E-state index contributed by atoms with van der Waals surface area (Å²) in [5.74, 6) is 0.983. The molecule has 0 spiro atoms. The minimum atomic E-state index is 0.101. The summed E-state index contributed by atoms with van der Waals surface area (Å²) in [5, 5.41) is 0.830. The van der Waals surface area contributed by atoms with Crippen molar-refractivity contribution in [3.8, 4) is 0 Å². The van der Waals surface area contributed by atoms with E-state index in [0.29, 0.717) is 0 Å². The third-order valence-electron chi connectivity index (χ3n) is 2.01. The summed E-state index contributed by atoms with van der Waals surface area (Å²) in [4.78, 5) is 1.14. The predicted molar refractivity (Wildman–Crippen MR) is 56.5 cm³/mol. The number of thioether (sulfide) groups is 1. The Kier molecular flexibility index (Phi) is 2.54. The first kappa shape index (κ1) is 9.38. The van der Waals surface area contributed by atoms with Crippen molar-refractivity contribution in [3.05, 3.63) is 29.3 Å². The van der Waals surface area contributed by atoms with Gasteiger partial charge in [0, 0.05) is 10.6 Å². The molecule has 1 heterocycles. The van der Waals surface area contributed by atoms with Crippen LogP contribution in [-0.2, 0) is 4.74 Å². The SMILES string of the molecule is CC1(CSc2ccccc2Cl)CO1. The monoisotopic (exact) mass is 214 g/mol. The first-order valence-electron chi connectivity index (χ1n) is 4.21. The molecule has 0 aromatic heterocycles. The number of epoxide rings is 1. The molecular weight excluding hydrogens is 204 g/mol. The van der Waals surface area contributed by atoms with Crippen molar-refractivity contribution in [1.29, 1.82) is 0 Å². The van der Waals surface area contributed by atoms with Gasteiger partial charge in [-0.1, -0.05) is 23.7 Å². The molecular formula is C10H11ClOS. The van der Waals surface area contributed by atoms with Gasteiger partial charge in [0.1, 0.15) is 0 Å². The number of rotatable bonds is 3. The molecule has 13 heavy (non-hydrogen) atoms. The molecule has 0 amide bonds. The Hall–Kier alpha value is -0.180. The van der Waals surface area contributed by atoms with Gasteiger partial charge in [0.15, 0.2) is 0 Å². The van der Waals surface area contributed by atoms with Crippen LogP contribution in [0, 0.1) is 0 Å². The average Bonchev–Trinajstić information content (AvgIpc) is 2.83. The lowest BCUT2D eigenvalue weighted by Crippen LogP contribution is -2.07. The number of hydrogen-bond donors (Lipinski definition) is 0. The van der Waals surface area contributed by atoms with Crippen LogP contribution in [0.15, 0.2) is 29.2 Å². The summed E-state index contributed by atoms with van der Waals surface area (Å²) < 4.78 is 5.29. The van der Waals surface area contributed by atoms with Crippen molar-refractivity contribution in [2.45, 2.75) is 17.4 Å². The maximum atomic E-state index is 6.01. The minimum Gasteiger partial charge on any atom is -0.369 e. The van der Waals surface area contributed by atoms with Gasteiger partial charge in [0.25, 0.3) is 0 Å². The van der Waals surface area contributed by atoms with Crippen LogP contribution < -0.4 is 0 Å². The largest absolute Gasteiger partial charge is 0.369 e. The highest BCUT2D eigenvalue weighted by Crippen LogP contribution is 2.35. The Morgan fingerprint density at radius 1 is 1.54 bits per heavy atom. The average molecular weight is 215 g/mol. The number of ether oxygens (including phenoxy) is 1. The molecule has 0 saturated carbocycles. The van der Waals surface area contributed by atoms with Crippen LogP contribution >= 0.6 is 23.4 Å². The van der Waals surface area contributed by atoms with Gasteiger partial charge in [0.05, 0.1) is 17.2 Å². The van der Waals surface area contributed by atoms with E-state index in [1.807, 2.05) is 24.3 Å². The van der Waals surface area contributed by atoms with E-state index in [0.717, 1.165) is 22.3 Å². The number of benzene rings is 1. The molecule has 0 radical (unpaired) electrons. The van der Waals surface area contributed by atoms with E-state index in [-0.39, 0.29) is 5.60 Å². The molecule has 1 fully saturated rings. The van der Waals surface area contributed by atoms with Gasteiger partial charge in [-0.05, 0) is 19.1 Å². The Morgan fingerprint density at radius 2 is 2.23 bits per heavy atom. The molecule has 2 rings (SSSR count). The van der Waals surface area contributed by atoms with Crippen LogP contribution in [0.2, 0.25) is 5.02 Å². The van der Waals surface area contributed by atoms with E-state index in [1.165, 1.54) is 0 Å². The maximum Gasteiger partial charge on any atom is 0.0981 e. The molecule has 0 bridgehead atoms. The first-order valence-corrected chi connectivity index (χ1v) is 5.57. The Bertz CT molecular complexity index is 310. The molecule has 1 nitrogen and oxygen atoms in total. The van der Waals surface area contributed by atoms with Gasteiger partial charge in [0.2, 0.25) is 0 Å². The normalized spacial score (nSPS) is 26.0. The van der Waals surface area contributed by atoms with Gasteiger partial charge in [-0.3, -0.25) is 0 Å². The molecule has 0 N–H and O–H groups in total. The molecule has 0 aliphatic carbocycles. The fraction of sp³-hybridized carbons (Fsp3) is 0.400. The lowest BCUT2D eigenvalue weighted by molar-refractivity contribution is 0.348. The summed E-state index contributed by atoms with van der Waals surface area (Å²) in [6.07, 6.45) is 0.